The highest BCUT2D eigenvalue weighted by Crippen LogP contribution is 2.34. The highest BCUT2D eigenvalue weighted by molar-refractivity contribution is 6.09. The van der Waals surface area contributed by atoms with Crippen molar-refractivity contribution in [2.45, 2.75) is 13.8 Å². The summed E-state index contributed by atoms with van der Waals surface area (Å²) in [5.41, 5.74) is 15.2. The number of phenolic OH excluding ortho intramolecular Hbond substituents is 1. The number of carbonyl (C=O) groups excluding carboxylic acids is 1. The summed E-state index contributed by atoms with van der Waals surface area (Å²) in [6.07, 6.45) is 1.54. The molecule has 3 aromatic rings. The Kier molecular flexibility index (Phi) is 5.50. The Morgan fingerprint density at radius 2 is 2.03 bits per heavy atom. The lowest BCUT2D eigenvalue weighted by molar-refractivity contribution is 0.0443. The van der Waals surface area contributed by atoms with Crippen LogP contribution in [0.25, 0.3) is 16.9 Å². The molecule has 160 valence electrons. The third-order valence-corrected chi connectivity index (χ3v) is 5.40. The van der Waals surface area contributed by atoms with Gasteiger partial charge >= 0.3 is 0 Å². The number of amides is 1. The average molecular weight is 420 g/mol. The van der Waals surface area contributed by atoms with E-state index in [4.69, 9.17) is 16.2 Å². The van der Waals surface area contributed by atoms with Crippen LogP contribution in [0.4, 0.5) is 5.82 Å². The lowest BCUT2D eigenvalue weighted by Crippen LogP contribution is -2.36. The van der Waals surface area contributed by atoms with E-state index < -0.39 is 5.91 Å². The predicted molar refractivity (Wildman–Crippen MR) is 117 cm³/mol. The number of carbonyl (C=O) groups is 1. The van der Waals surface area contributed by atoms with Crippen LogP contribution in [0.3, 0.4) is 0 Å². The first-order chi connectivity index (χ1) is 14.9. The number of primary amides is 1. The Balaban J connectivity index is 1.81. The van der Waals surface area contributed by atoms with Gasteiger partial charge < -0.3 is 21.3 Å². The van der Waals surface area contributed by atoms with Gasteiger partial charge in [-0.2, -0.15) is 0 Å². The quantitative estimate of drug-likeness (QED) is 0.541. The van der Waals surface area contributed by atoms with Crippen molar-refractivity contribution in [1.29, 1.82) is 0 Å². The third kappa shape index (κ3) is 3.79. The van der Waals surface area contributed by atoms with E-state index in [0.717, 1.165) is 18.7 Å². The van der Waals surface area contributed by atoms with Gasteiger partial charge in [0.25, 0.3) is 5.91 Å². The minimum absolute atomic E-state index is 0.0847. The van der Waals surface area contributed by atoms with E-state index in [9.17, 15) is 9.90 Å². The average Bonchev–Trinajstić information content (AvgIpc) is 3.03. The van der Waals surface area contributed by atoms with Crippen molar-refractivity contribution in [3.8, 4) is 23.3 Å². The van der Waals surface area contributed by atoms with Crippen molar-refractivity contribution in [3.05, 3.63) is 40.7 Å². The Morgan fingerprint density at radius 3 is 2.74 bits per heavy atom. The first-order valence-electron chi connectivity index (χ1n) is 9.93. The van der Waals surface area contributed by atoms with Crippen LogP contribution >= 0.6 is 0 Å². The molecule has 1 aromatic carbocycles. The summed E-state index contributed by atoms with van der Waals surface area (Å²) >= 11 is 0. The molecule has 0 radical (unpaired) electrons. The molecule has 5 N–H and O–H groups in total. The first kappa shape index (κ1) is 20.7. The molecule has 0 aliphatic carbocycles. The van der Waals surface area contributed by atoms with Crippen molar-refractivity contribution in [1.82, 2.24) is 19.4 Å². The van der Waals surface area contributed by atoms with E-state index in [-0.39, 0.29) is 22.6 Å². The van der Waals surface area contributed by atoms with Crippen molar-refractivity contribution in [2.24, 2.45) is 5.73 Å². The lowest BCUT2D eigenvalue weighted by atomic mass is 10.1. The van der Waals surface area contributed by atoms with Crippen molar-refractivity contribution in [3.63, 3.8) is 0 Å². The van der Waals surface area contributed by atoms with Crippen LogP contribution in [-0.2, 0) is 4.74 Å². The normalized spacial score (nSPS) is 14.4. The molecular formula is C22H24N6O3. The van der Waals surface area contributed by atoms with Crippen LogP contribution in [0.5, 0.6) is 5.75 Å². The van der Waals surface area contributed by atoms with Crippen LogP contribution in [0.1, 0.15) is 27.2 Å². The summed E-state index contributed by atoms with van der Waals surface area (Å²) in [5.74, 6) is 5.63. The maximum atomic E-state index is 12.2. The van der Waals surface area contributed by atoms with Gasteiger partial charge in [-0.25, -0.2) is 9.97 Å². The Hall–Kier alpha value is -3.61. The molecule has 0 atom stereocenters. The van der Waals surface area contributed by atoms with Crippen molar-refractivity contribution in [2.75, 3.05) is 38.6 Å². The predicted octanol–water partition coefficient (Wildman–Crippen LogP) is 1.11. The number of phenols is 1. The zero-order valence-corrected chi connectivity index (χ0v) is 17.5. The second-order valence-corrected chi connectivity index (χ2v) is 7.45. The van der Waals surface area contributed by atoms with Crippen LogP contribution in [0.2, 0.25) is 0 Å². The Bertz CT molecular complexity index is 1230. The van der Waals surface area contributed by atoms with Crippen LogP contribution in [-0.4, -0.2) is 63.3 Å². The van der Waals surface area contributed by atoms with Gasteiger partial charge in [0.15, 0.2) is 5.65 Å². The SMILES string of the molecule is Cc1ccc(O)c(C)c1-n1c(N)c(C(N)=O)c2nc(C#CCN3CCOCC3)cnc21. The fraction of sp³-hybridized carbons (Fsp3) is 0.318. The monoisotopic (exact) mass is 420 g/mol. The molecule has 4 rings (SSSR count). The number of nitrogen functional groups attached to an aromatic ring is 1. The Morgan fingerprint density at radius 1 is 1.29 bits per heavy atom. The summed E-state index contributed by atoms with van der Waals surface area (Å²) in [5, 5.41) is 10.2. The number of fused-ring (bicyclic) bond motifs is 1. The fourth-order valence-corrected chi connectivity index (χ4v) is 3.76. The molecule has 0 spiro atoms. The van der Waals surface area contributed by atoms with Gasteiger partial charge in [-0.1, -0.05) is 12.0 Å². The number of aromatic hydroxyl groups is 1. The van der Waals surface area contributed by atoms with Crippen LogP contribution in [0, 0.1) is 25.7 Å². The first-order valence-corrected chi connectivity index (χ1v) is 9.93. The molecule has 0 unspecified atom stereocenters. The fourth-order valence-electron chi connectivity index (χ4n) is 3.76. The molecule has 1 amide bonds. The van der Waals surface area contributed by atoms with E-state index in [2.05, 4.69) is 26.7 Å². The van der Waals surface area contributed by atoms with Gasteiger partial charge in [0.2, 0.25) is 0 Å². The lowest BCUT2D eigenvalue weighted by Gasteiger charge is -2.24. The van der Waals surface area contributed by atoms with Gasteiger partial charge in [0.1, 0.15) is 28.3 Å². The number of anilines is 1. The molecule has 1 aliphatic rings. The van der Waals surface area contributed by atoms with E-state index >= 15 is 0 Å². The second-order valence-electron chi connectivity index (χ2n) is 7.45. The zero-order valence-electron chi connectivity index (χ0n) is 17.5. The molecule has 31 heavy (non-hydrogen) atoms. The summed E-state index contributed by atoms with van der Waals surface area (Å²) < 4.78 is 6.95. The van der Waals surface area contributed by atoms with Gasteiger partial charge in [-0.15, -0.1) is 0 Å². The molecule has 0 saturated carbocycles. The molecule has 1 fully saturated rings. The number of hydrogen-bond donors (Lipinski definition) is 3. The van der Waals surface area contributed by atoms with Crippen molar-refractivity contribution >= 4 is 22.9 Å². The maximum Gasteiger partial charge on any atom is 0.254 e. The minimum atomic E-state index is -0.704. The number of ether oxygens (including phenoxy) is 1. The highest BCUT2D eigenvalue weighted by atomic mass is 16.5. The Labute approximate surface area is 179 Å². The number of rotatable bonds is 3. The molecule has 9 heteroatoms. The molecular weight excluding hydrogens is 396 g/mol. The van der Waals surface area contributed by atoms with Crippen molar-refractivity contribution < 1.29 is 14.6 Å². The van der Waals surface area contributed by atoms with Crippen LogP contribution < -0.4 is 11.5 Å². The number of morpholine rings is 1. The number of hydrogen-bond acceptors (Lipinski definition) is 7. The van der Waals surface area contributed by atoms with Gasteiger partial charge in [-0.3, -0.25) is 14.3 Å². The number of nitrogens with two attached hydrogens (primary N) is 2. The standard InChI is InChI=1S/C22H24N6O3/c1-13-5-6-16(29)14(2)19(13)28-20(23)17(21(24)30)18-22(28)25-12-15(26-18)4-3-7-27-8-10-31-11-9-27/h5-6,12,29H,7-11,23H2,1-2H3,(H2,24,30). The zero-order chi connectivity index (χ0) is 22.1. The minimum Gasteiger partial charge on any atom is -0.508 e. The molecule has 3 heterocycles. The topological polar surface area (TPSA) is 133 Å². The second kappa shape index (κ2) is 8.26. The van der Waals surface area contributed by atoms with Crippen LogP contribution in [0.15, 0.2) is 18.3 Å². The van der Waals surface area contributed by atoms with E-state index in [1.807, 2.05) is 6.92 Å². The number of benzene rings is 1. The largest absolute Gasteiger partial charge is 0.508 e. The summed E-state index contributed by atoms with van der Waals surface area (Å²) in [6, 6.07) is 3.38. The maximum absolute atomic E-state index is 12.2. The summed E-state index contributed by atoms with van der Waals surface area (Å²) in [6.45, 7) is 7.34. The van der Waals surface area contributed by atoms with E-state index in [1.54, 1.807) is 29.8 Å². The molecule has 0 bridgehead atoms. The molecule has 1 saturated heterocycles. The summed E-state index contributed by atoms with van der Waals surface area (Å²) in [7, 11) is 0. The third-order valence-electron chi connectivity index (χ3n) is 5.40. The summed E-state index contributed by atoms with van der Waals surface area (Å²) in [4.78, 5) is 23.4. The molecule has 1 aliphatic heterocycles. The van der Waals surface area contributed by atoms with Gasteiger partial charge in [-0.05, 0) is 31.4 Å². The van der Waals surface area contributed by atoms with Gasteiger partial charge in [0.05, 0.1) is 31.6 Å². The van der Waals surface area contributed by atoms with E-state index in [0.29, 0.717) is 42.4 Å². The highest BCUT2D eigenvalue weighted by Gasteiger charge is 2.25. The van der Waals surface area contributed by atoms with E-state index in [1.165, 1.54) is 0 Å². The molecule has 9 nitrogen and oxygen atoms in total. The smallest absolute Gasteiger partial charge is 0.254 e. The molecule has 2 aromatic heterocycles. The number of aryl methyl sites for hydroxylation is 1. The number of nitrogens with zero attached hydrogens (tertiary/aromatic N) is 4. The van der Waals surface area contributed by atoms with Gasteiger partial charge in [0, 0.05) is 18.7 Å². The number of aromatic nitrogens is 3.